The summed E-state index contributed by atoms with van der Waals surface area (Å²) < 4.78 is 0. The lowest BCUT2D eigenvalue weighted by Gasteiger charge is -2.30. The molecule has 116 valence electrons. The Labute approximate surface area is 133 Å². The first-order valence-corrected chi connectivity index (χ1v) is 7.83. The monoisotopic (exact) mass is 308 g/mol. The van der Waals surface area contributed by atoms with Crippen molar-refractivity contribution in [2.45, 2.75) is 44.1 Å². The SMILES string of the molecule is Cl.N[C@@H]1CCN(C(=O)C2CCC(c3ccccc3)CC2)C1. The molecule has 2 aliphatic rings. The molecule has 2 fully saturated rings. The van der Waals surface area contributed by atoms with E-state index >= 15 is 0 Å². The molecular formula is C17H25ClN2O. The number of amides is 1. The number of nitrogens with two attached hydrogens (primary N) is 1. The minimum Gasteiger partial charge on any atom is -0.341 e. The quantitative estimate of drug-likeness (QED) is 0.913. The lowest BCUT2D eigenvalue weighted by molar-refractivity contribution is -0.135. The van der Waals surface area contributed by atoms with Crippen molar-refractivity contribution in [3.63, 3.8) is 0 Å². The molecule has 1 aliphatic heterocycles. The largest absolute Gasteiger partial charge is 0.341 e. The minimum atomic E-state index is 0. The van der Waals surface area contributed by atoms with Crippen molar-refractivity contribution < 1.29 is 4.79 Å². The van der Waals surface area contributed by atoms with E-state index < -0.39 is 0 Å². The van der Waals surface area contributed by atoms with Gasteiger partial charge in [0.2, 0.25) is 5.91 Å². The summed E-state index contributed by atoms with van der Waals surface area (Å²) in [6.07, 6.45) is 5.31. The van der Waals surface area contributed by atoms with Crippen molar-refractivity contribution in [2.75, 3.05) is 13.1 Å². The normalized spacial score (nSPS) is 29.0. The van der Waals surface area contributed by atoms with Crippen molar-refractivity contribution in [3.05, 3.63) is 35.9 Å². The summed E-state index contributed by atoms with van der Waals surface area (Å²) in [6.45, 7) is 1.62. The van der Waals surface area contributed by atoms with E-state index in [9.17, 15) is 4.79 Å². The molecule has 1 aromatic carbocycles. The molecule has 0 unspecified atom stereocenters. The number of nitrogens with zero attached hydrogens (tertiary/aromatic N) is 1. The second-order valence-corrected chi connectivity index (χ2v) is 6.29. The highest BCUT2D eigenvalue weighted by Gasteiger charge is 2.32. The number of rotatable bonds is 2. The Morgan fingerprint density at radius 1 is 1.05 bits per heavy atom. The molecular weight excluding hydrogens is 284 g/mol. The van der Waals surface area contributed by atoms with Crippen molar-refractivity contribution in [2.24, 2.45) is 11.7 Å². The Morgan fingerprint density at radius 3 is 2.29 bits per heavy atom. The second kappa shape index (κ2) is 7.28. The van der Waals surface area contributed by atoms with Crippen LogP contribution in [0.15, 0.2) is 30.3 Å². The summed E-state index contributed by atoms with van der Waals surface area (Å²) in [5.41, 5.74) is 7.33. The first-order valence-electron chi connectivity index (χ1n) is 7.83. The van der Waals surface area contributed by atoms with Crippen LogP contribution in [0.1, 0.15) is 43.6 Å². The van der Waals surface area contributed by atoms with Crippen molar-refractivity contribution in [1.82, 2.24) is 4.90 Å². The number of likely N-dealkylation sites (tertiary alicyclic amines) is 1. The van der Waals surface area contributed by atoms with Crippen LogP contribution in [0.2, 0.25) is 0 Å². The highest BCUT2D eigenvalue weighted by atomic mass is 35.5. The first-order chi connectivity index (χ1) is 9.74. The van der Waals surface area contributed by atoms with E-state index in [1.165, 1.54) is 5.56 Å². The number of halogens is 1. The smallest absolute Gasteiger partial charge is 0.225 e. The Kier molecular flexibility index (Phi) is 5.65. The van der Waals surface area contributed by atoms with E-state index in [-0.39, 0.29) is 24.4 Å². The van der Waals surface area contributed by atoms with Gasteiger partial charge in [-0.25, -0.2) is 0 Å². The van der Waals surface area contributed by atoms with Crippen molar-refractivity contribution in [3.8, 4) is 0 Å². The second-order valence-electron chi connectivity index (χ2n) is 6.29. The fraction of sp³-hybridized carbons (Fsp3) is 0.588. The van der Waals surface area contributed by atoms with Crippen LogP contribution in [-0.2, 0) is 4.79 Å². The van der Waals surface area contributed by atoms with Gasteiger partial charge in [0, 0.05) is 25.0 Å². The lowest BCUT2D eigenvalue weighted by Crippen LogP contribution is -2.37. The summed E-state index contributed by atoms with van der Waals surface area (Å²) in [4.78, 5) is 14.4. The molecule has 0 bridgehead atoms. The van der Waals surface area contributed by atoms with Gasteiger partial charge in [0.15, 0.2) is 0 Å². The summed E-state index contributed by atoms with van der Waals surface area (Å²) >= 11 is 0. The zero-order valence-corrected chi connectivity index (χ0v) is 13.2. The molecule has 21 heavy (non-hydrogen) atoms. The minimum absolute atomic E-state index is 0. The van der Waals surface area contributed by atoms with Gasteiger partial charge >= 0.3 is 0 Å². The number of carbonyl (C=O) groups excluding carboxylic acids is 1. The van der Waals surface area contributed by atoms with Gasteiger partial charge in [-0.05, 0) is 43.6 Å². The molecule has 1 saturated carbocycles. The maximum atomic E-state index is 12.5. The number of hydrogen-bond donors (Lipinski definition) is 1. The van der Waals surface area contributed by atoms with Crippen molar-refractivity contribution in [1.29, 1.82) is 0 Å². The highest BCUT2D eigenvalue weighted by Crippen LogP contribution is 2.36. The van der Waals surface area contributed by atoms with Crippen LogP contribution in [0.25, 0.3) is 0 Å². The number of hydrogen-bond acceptors (Lipinski definition) is 2. The predicted octanol–water partition coefficient (Wildman–Crippen LogP) is 2.94. The molecule has 4 heteroatoms. The van der Waals surface area contributed by atoms with Gasteiger partial charge in [-0.15, -0.1) is 12.4 Å². The molecule has 2 N–H and O–H groups in total. The Balaban J connectivity index is 0.00000161. The standard InChI is InChI=1S/C17H24N2O.ClH/c18-16-10-11-19(12-16)17(20)15-8-6-14(7-9-15)13-4-2-1-3-5-13;/h1-5,14-16H,6-12,18H2;1H/t14?,15?,16-;/m1./s1. The van der Waals surface area contributed by atoms with Gasteiger partial charge in [-0.2, -0.15) is 0 Å². The summed E-state index contributed by atoms with van der Waals surface area (Å²) in [5.74, 6) is 1.23. The fourth-order valence-corrected chi connectivity index (χ4v) is 3.64. The molecule has 0 radical (unpaired) electrons. The van der Waals surface area contributed by atoms with E-state index in [2.05, 4.69) is 30.3 Å². The molecule has 1 aromatic rings. The molecule has 1 amide bonds. The summed E-state index contributed by atoms with van der Waals surface area (Å²) in [7, 11) is 0. The number of carbonyl (C=O) groups is 1. The molecule has 0 aromatic heterocycles. The fourth-order valence-electron chi connectivity index (χ4n) is 3.64. The number of benzene rings is 1. The van der Waals surface area contributed by atoms with Crippen molar-refractivity contribution >= 4 is 18.3 Å². The van der Waals surface area contributed by atoms with Gasteiger partial charge in [-0.1, -0.05) is 30.3 Å². The maximum absolute atomic E-state index is 12.5. The van der Waals surface area contributed by atoms with Gasteiger partial charge < -0.3 is 10.6 Å². The molecule has 1 heterocycles. The zero-order chi connectivity index (χ0) is 13.9. The molecule has 1 aliphatic carbocycles. The van der Waals surface area contributed by atoms with Crippen LogP contribution in [0.4, 0.5) is 0 Å². The average Bonchev–Trinajstić information content (AvgIpc) is 2.94. The Bertz CT molecular complexity index is 457. The lowest BCUT2D eigenvalue weighted by atomic mass is 9.78. The van der Waals surface area contributed by atoms with Gasteiger partial charge in [0.25, 0.3) is 0 Å². The Hall–Kier alpha value is -1.06. The zero-order valence-electron chi connectivity index (χ0n) is 12.4. The van der Waals surface area contributed by atoms with Crippen LogP contribution < -0.4 is 5.73 Å². The van der Waals surface area contributed by atoms with E-state index in [1.54, 1.807) is 0 Å². The van der Waals surface area contributed by atoms with E-state index in [4.69, 9.17) is 5.73 Å². The third-order valence-corrected chi connectivity index (χ3v) is 4.88. The van der Waals surface area contributed by atoms with Crippen LogP contribution in [0.3, 0.4) is 0 Å². The van der Waals surface area contributed by atoms with Crippen LogP contribution in [-0.4, -0.2) is 29.9 Å². The van der Waals surface area contributed by atoms with Gasteiger partial charge in [0.05, 0.1) is 0 Å². The molecule has 1 saturated heterocycles. The Morgan fingerprint density at radius 2 is 1.71 bits per heavy atom. The van der Waals surface area contributed by atoms with E-state index in [0.29, 0.717) is 11.8 Å². The third-order valence-electron chi connectivity index (χ3n) is 4.88. The molecule has 1 atom stereocenters. The predicted molar refractivity (Wildman–Crippen MR) is 87.6 cm³/mol. The van der Waals surface area contributed by atoms with Crippen LogP contribution in [0, 0.1) is 5.92 Å². The summed E-state index contributed by atoms with van der Waals surface area (Å²) in [5, 5.41) is 0. The topological polar surface area (TPSA) is 46.3 Å². The van der Waals surface area contributed by atoms with Crippen LogP contribution in [0.5, 0.6) is 0 Å². The van der Waals surface area contributed by atoms with Gasteiger partial charge in [0.1, 0.15) is 0 Å². The maximum Gasteiger partial charge on any atom is 0.225 e. The molecule has 3 rings (SSSR count). The average molecular weight is 309 g/mol. The first kappa shape index (κ1) is 16.3. The third kappa shape index (κ3) is 3.78. The highest BCUT2D eigenvalue weighted by molar-refractivity contribution is 5.85. The van der Waals surface area contributed by atoms with Crippen LogP contribution >= 0.6 is 12.4 Å². The van der Waals surface area contributed by atoms with E-state index in [1.807, 2.05) is 4.90 Å². The molecule has 3 nitrogen and oxygen atoms in total. The molecule has 0 spiro atoms. The van der Waals surface area contributed by atoms with E-state index in [0.717, 1.165) is 45.2 Å². The van der Waals surface area contributed by atoms with Gasteiger partial charge in [-0.3, -0.25) is 4.79 Å². The summed E-state index contributed by atoms with van der Waals surface area (Å²) in [6, 6.07) is 10.9.